The molecule has 0 bridgehead atoms. The van der Waals surface area contributed by atoms with Gasteiger partial charge in [-0.3, -0.25) is 10.1 Å². The number of carbonyl (C=O) groups is 3. The predicted octanol–water partition coefficient (Wildman–Crippen LogP) is 3.31. The number of fused-ring (bicyclic) bond motifs is 3. The molecule has 1 aliphatic rings. The van der Waals surface area contributed by atoms with Crippen LogP contribution >= 0.6 is 11.3 Å². The second-order valence-electron chi connectivity index (χ2n) is 6.72. The van der Waals surface area contributed by atoms with Gasteiger partial charge in [0.05, 0.1) is 7.11 Å². The number of carbonyl (C=O) groups excluding carboxylic acids is 3. The molecule has 3 rings (SSSR count). The average Bonchev–Trinajstić information content (AvgIpc) is 3.16. The van der Waals surface area contributed by atoms with Crippen molar-refractivity contribution in [3.63, 3.8) is 0 Å². The number of hydrogen-bond acceptors (Lipinski definition) is 6. The van der Waals surface area contributed by atoms with Gasteiger partial charge in [-0.25, -0.2) is 9.59 Å². The van der Waals surface area contributed by atoms with Crippen molar-refractivity contribution in [2.75, 3.05) is 20.3 Å². The molecule has 0 radical (unpaired) electrons. The number of hydrogen-bond donors (Lipinski definition) is 2. The van der Waals surface area contributed by atoms with Crippen LogP contribution in [0.5, 0.6) is 5.75 Å². The molecule has 1 aromatic heterocycles. The number of thiophene rings is 1. The number of esters is 1. The van der Waals surface area contributed by atoms with Gasteiger partial charge >= 0.3 is 12.0 Å². The molecule has 0 saturated carbocycles. The molecule has 7 nitrogen and oxygen atoms in total. The highest BCUT2D eigenvalue weighted by molar-refractivity contribution is 7.17. The molecule has 2 aromatic rings. The molecule has 154 valence electrons. The van der Waals surface area contributed by atoms with E-state index in [1.807, 2.05) is 31.2 Å². The summed E-state index contributed by atoms with van der Waals surface area (Å²) in [5, 5.41) is 4.71. The Labute approximate surface area is 173 Å². The molecule has 0 atom stereocenters. The molecule has 1 heterocycles. The summed E-state index contributed by atoms with van der Waals surface area (Å²) in [5.41, 5.74) is 3.38. The van der Waals surface area contributed by atoms with Gasteiger partial charge in [-0.2, -0.15) is 0 Å². The van der Waals surface area contributed by atoms with Crippen molar-refractivity contribution >= 4 is 29.2 Å². The number of unbranched alkanes of at least 4 members (excludes halogenated alkanes) is 1. The first-order chi connectivity index (χ1) is 14.0. The average molecular weight is 416 g/mol. The standard InChI is InChI=1S/C21H24N2O5S/c1-3-4-9-22-21(26)23-18(24)12-28-20(25)17-11-14-6-5-13-10-15(27-2)7-8-16(13)19(14)29-17/h7-8,10-11H,3-6,9,12H2,1-2H3,(H2,22,23,24,26). The molecule has 1 aliphatic carbocycles. The SMILES string of the molecule is CCCCNC(=O)NC(=O)COC(=O)c1cc2c(s1)-c1ccc(OC)cc1CC2. The van der Waals surface area contributed by atoms with Gasteiger partial charge in [0.1, 0.15) is 10.6 Å². The van der Waals surface area contributed by atoms with Gasteiger partial charge in [0.15, 0.2) is 6.61 Å². The van der Waals surface area contributed by atoms with E-state index in [0.717, 1.165) is 47.4 Å². The number of nitrogens with one attached hydrogen (secondary N) is 2. The van der Waals surface area contributed by atoms with Gasteiger partial charge in [0, 0.05) is 11.4 Å². The highest BCUT2D eigenvalue weighted by Crippen LogP contribution is 2.40. The fraction of sp³-hybridized carbons (Fsp3) is 0.381. The molecule has 2 N–H and O–H groups in total. The van der Waals surface area contributed by atoms with E-state index in [-0.39, 0.29) is 0 Å². The normalized spacial score (nSPS) is 11.8. The van der Waals surface area contributed by atoms with E-state index in [0.29, 0.717) is 11.4 Å². The first-order valence-electron chi connectivity index (χ1n) is 9.56. The van der Waals surface area contributed by atoms with Crippen molar-refractivity contribution < 1.29 is 23.9 Å². The summed E-state index contributed by atoms with van der Waals surface area (Å²) in [7, 11) is 1.64. The van der Waals surface area contributed by atoms with Crippen LogP contribution in [-0.4, -0.2) is 38.2 Å². The quantitative estimate of drug-likeness (QED) is 0.534. The van der Waals surface area contributed by atoms with Crippen molar-refractivity contribution in [2.45, 2.75) is 32.6 Å². The van der Waals surface area contributed by atoms with Crippen LogP contribution in [0.1, 0.15) is 40.6 Å². The monoisotopic (exact) mass is 416 g/mol. The summed E-state index contributed by atoms with van der Waals surface area (Å²) in [6.45, 7) is 1.99. The van der Waals surface area contributed by atoms with Gasteiger partial charge in [0.2, 0.25) is 0 Å². The Balaban J connectivity index is 1.58. The molecule has 0 saturated heterocycles. The number of imide groups is 1. The first kappa shape index (κ1) is 20.9. The number of aryl methyl sites for hydroxylation is 2. The highest BCUT2D eigenvalue weighted by Gasteiger charge is 2.23. The Hall–Kier alpha value is -2.87. The Morgan fingerprint density at radius 3 is 2.69 bits per heavy atom. The first-order valence-corrected chi connectivity index (χ1v) is 10.4. The second kappa shape index (κ2) is 9.56. The van der Waals surface area contributed by atoms with Gasteiger partial charge in [-0.15, -0.1) is 11.3 Å². The summed E-state index contributed by atoms with van der Waals surface area (Å²) in [4.78, 5) is 37.2. The van der Waals surface area contributed by atoms with Gasteiger partial charge in [0.25, 0.3) is 5.91 Å². The number of methoxy groups -OCH3 is 1. The van der Waals surface area contributed by atoms with Crippen LogP contribution < -0.4 is 15.4 Å². The van der Waals surface area contributed by atoms with Crippen molar-refractivity contribution in [3.8, 4) is 16.2 Å². The van der Waals surface area contributed by atoms with Crippen molar-refractivity contribution in [1.29, 1.82) is 0 Å². The topological polar surface area (TPSA) is 93.7 Å². The number of benzene rings is 1. The third-order valence-corrected chi connectivity index (χ3v) is 5.82. The maximum atomic E-state index is 12.4. The van der Waals surface area contributed by atoms with Gasteiger partial charge < -0.3 is 14.8 Å². The molecule has 0 aliphatic heterocycles. The van der Waals surface area contributed by atoms with E-state index in [9.17, 15) is 14.4 Å². The lowest BCUT2D eigenvalue weighted by atomic mass is 9.91. The molecule has 0 fully saturated rings. The van der Waals surface area contributed by atoms with E-state index >= 15 is 0 Å². The van der Waals surface area contributed by atoms with E-state index in [4.69, 9.17) is 9.47 Å². The Morgan fingerprint density at radius 2 is 1.93 bits per heavy atom. The van der Waals surface area contributed by atoms with E-state index < -0.39 is 24.5 Å². The van der Waals surface area contributed by atoms with Crippen molar-refractivity contribution in [3.05, 3.63) is 40.3 Å². The van der Waals surface area contributed by atoms with Crippen LogP contribution in [0, 0.1) is 0 Å². The number of urea groups is 1. The third-order valence-electron chi connectivity index (χ3n) is 4.63. The zero-order chi connectivity index (χ0) is 20.8. The minimum Gasteiger partial charge on any atom is -0.497 e. The minimum absolute atomic E-state index is 0.443. The minimum atomic E-state index is -0.661. The van der Waals surface area contributed by atoms with Gasteiger partial charge in [-0.05, 0) is 60.2 Å². The summed E-state index contributed by atoms with van der Waals surface area (Å²) < 4.78 is 10.4. The maximum absolute atomic E-state index is 12.4. The fourth-order valence-electron chi connectivity index (χ4n) is 3.13. The zero-order valence-electron chi connectivity index (χ0n) is 16.5. The Morgan fingerprint density at radius 1 is 1.14 bits per heavy atom. The van der Waals surface area contributed by atoms with Crippen LogP contribution in [0.4, 0.5) is 4.79 Å². The molecule has 1 aromatic carbocycles. The molecular formula is C21H24N2O5S. The highest BCUT2D eigenvalue weighted by atomic mass is 32.1. The summed E-state index contributed by atoms with van der Waals surface area (Å²) in [6, 6.07) is 7.17. The lowest BCUT2D eigenvalue weighted by Gasteiger charge is -2.16. The number of amides is 3. The van der Waals surface area contributed by atoms with Gasteiger partial charge in [-0.1, -0.05) is 13.3 Å². The van der Waals surface area contributed by atoms with E-state index in [1.165, 1.54) is 16.9 Å². The maximum Gasteiger partial charge on any atom is 0.348 e. The smallest absolute Gasteiger partial charge is 0.348 e. The molecular weight excluding hydrogens is 392 g/mol. The summed E-state index contributed by atoms with van der Waals surface area (Å²) in [5.74, 6) is -0.416. The largest absolute Gasteiger partial charge is 0.497 e. The van der Waals surface area contributed by atoms with Crippen molar-refractivity contribution in [1.82, 2.24) is 10.6 Å². The third kappa shape index (κ3) is 5.14. The molecule has 0 unspecified atom stereocenters. The summed E-state index contributed by atoms with van der Waals surface area (Å²) in [6.07, 6.45) is 3.47. The van der Waals surface area contributed by atoms with Crippen molar-refractivity contribution in [2.24, 2.45) is 0 Å². The Kier molecular flexibility index (Phi) is 6.87. The van der Waals surface area contributed by atoms with Crippen LogP contribution in [0.2, 0.25) is 0 Å². The van der Waals surface area contributed by atoms with Crippen LogP contribution in [0.3, 0.4) is 0 Å². The fourth-order valence-corrected chi connectivity index (χ4v) is 4.29. The molecule has 29 heavy (non-hydrogen) atoms. The Bertz CT molecular complexity index is 922. The van der Waals surface area contributed by atoms with Crippen LogP contribution in [0.25, 0.3) is 10.4 Å². The van der Waals surface area contributed by atoms with Crippen LogP contribution in [-0.2, 0) is 22.4 Å². The van der Waals surface area contributed by atoms with E-state index in [1.54, 1.807) is 7.11 Å². The van der Waals surface area contributed by atoms with Crippen LogP contribution in [0.15, 0.2) is 24.3 Å². The molecule has 3 amide bonds. The molecule has 8 heteroatoms. The number of rotatable bonds is 7. The summed E-state index contributed by atoms with van der Waals surface area (Å²) >= 11 is 1.35. The zero-order valence-corrected chi connectivity index (χ0v) is 17.3. The van der Waals surface area contributed by atoms with E-state index in [2.05, 4.69) is 10.6 Å². The lowest BCUT2D eigenvalue weighted by molar-refractivity contribution is -0.123. The predicted molar refractivity (Wildman–Crippen MR) is 110 cm³/mol. The molecule has 0 spiro atoms. The second-order valence-corrected chi connectivity index (χ2v) is 7.77. The lowest BCUT2D eigenvalue weighted by Crippen LogP contribution is -2.41. The number of ether oxygens (including phenoxy) is 2.